The van der Waals surface area contributed by atoms with Gasteiger partial charge in [0.05, 0.1) is 4.92 Å². The number of piperidine rings is 1. The molecule has 0 unspecified atom stereocenters. The molecule has 0 bridgehead atoms. The van der Waals surface area contributed by atoms with E-state index in [4.69, 9.17) is 0 Å². The molecule has 1 aromatic carbocycles. The summed E-state index contributed by atoms with van der Waals surface area (Å²) in [6.45, 7) is 4.89. The van der Waals surface area contributed by atoms with Crippen molar-refractivity contribution in [2.24, 2.45) is 5.92 Å². The average molecular weight is 249 g/mol. The Morgan fingerprint density at radius 1 is 1.44 bits per heavy atom. The quantitative estimate of drug-likeness (QED) is 0.634. The highest BCUT2D eigenvalue weighted by molar-refractivity contribution is 5.53. The van der Waals surface area contributed by atoms with Crippen LogP contribution in [0.15, 0.2) is 18.2 Å². The Kier molecular flexibility index (Phi) is 4.15. The van der Waals surface area contributed by atoms with Crippen molar-refractivity contribution in [2.75, 3.05) is 25.0 Å². The average Bonchev–Trinajstić information content (AvgIpc) is 2.37. The van der Waals surface area contributed by atoms with Crippen LogP contribution in [0.3, 0.4) is 0 Å². The summed E-state index contributed by atoms with van der Waals surface area (Å²) in [5, 5.41) is 17.4. The number of benzene rings is 1. The van der Waals surface area contributed by atoms with E-state index >= 15 is 0 Å². The van der Waals surface area contributed by atoms with Gasteiger partial charge in [-0.2, -0.15) is 0 Å². The Morgan fingerprint density at radius 2 is 2.17 bits per heavy atom. The normalized spacial score (nSPS) is 16.5. The highest BCUT2D eigenvalue weighted by atomic mass is 16.6. The third-order valence-corrected chi connectivity index (χ3v) is 3.45. The van der Waals surface area contributed by atoms with E-state index in [1.165, 1.54) is 12.8 Å². The third kappa shape index (κ3) is 3.20. The zero-order valence-electron chi connectivity index (χ0n) is 10.6. The van der Waals surface area contributed by atoms with Crippen LogP contribution >= 0.6 is 0 Å². The van der Waals surface area contributed by atoms with Gasteiger partial charge in [0.25, 0.3) is 5.69 Å². The van der Waals surface area contributed by atoms with Crippen molar-refractivity contribution in [3.63, 3.8) is 0 Å². The first-order valence-electron chi connectivity index (χ1n) is 6.36. The third-order valence-electron chi connectivity index (χ3n) is 3.45. The molecule has 0 amide bonds. The first-order chi connectivity index (χ1) is 8.66. The van der Waals surface area contributed by atoms with Gasteiger partial charge in [0.2, 0.25) is 0 Å². The molecular formula is C13H19N3O2. The molecule has 0 saturated carbocycles. The van der Waals surface area contributed by atoms with Crippen molar-refractivity contribution in [1.82, 2.24) is 5.32 Å². The molecule has 1 aliphatic heterocycles. The molecule has 1 aliphatic rings. The van der Waals surface area contributed by atoms with Crippen LogP contribution in [0.1, 0.15) is 18.4 Å². The van der Waals surface area contributed by atoms with Crippen LogP contribution in [-0.4, -0.2) is 24.6 Å². The lowest BCUT2D eigenvalue weighted by Gasteiger charge is -2.23. The minimum absolute atomic E-state index is 0.183. The van der Waals surface area contributed by atoms with Crippen molar-refractivity contribution in [1.29, 1.82) is 0 Å². The summed E-state index contributed by atoms with van der Waals surface area (Å²) in [5.74, 6) is 0.696. The molecule has 5 nitrogen and oxygen atoms in total. The van der Waals surface area contributed by atoms with Gasteiger partial charge in [0.15, 0.2) is 0 Å². The fourth-order valence-electron chi connectivity index (χ4n) is 2.32. The Balaban J connectivity index is 1.93. The number of rotatable bonds is 4. The molecule has 0 spiro atoms. The van der Waals surface area contributed by atoms with E-state index in [2.05, 4.69) is 10.6 Å². The van der Waals surface area contributed by atoms with Crippen LogP contribution in [0.5, 0.6) is 0 Å². The Hall–Kier alpha value is -1.62. The van der Waals surface area contributed by atoms with Gasteiger partial charge in [-0.05, 0) is 50.9 Å². The van der Waals surface area contributed by atoms with Gasteiger partial charge in [-0.25, -0.2) is 0 Å². The molecule has 1 saturated heterocycles. The summed E-state index contributed by atoms with van der Waals surface area (Å²) in [6, 6.07) is 5.20. The van der Waals surface area contributed by atoms with Gasteiger partial charge in [0.1, 0.15) is 0 Å². The maximum Gasteiger partial charge on any atom is 0.272 e. The summed E-state index contributed by atoms with van der Waals surface area (Å²) in [4.78, 5) is 10.4. The van der Waals surface area contributed by atoms with Crippen LogP contribution in [0.4, 0.5) is 11.4 Å². The van der Waals surface area contributed by atoms with Gasteiger partial charge in [0, 0.05) is 23.9 Å². The number of anilines is 1. The minimum atomic E-state index is -0.341. The fraction of sp³-hybridized carbons (Fsp3) is 0.538. The highest BCUT2D eigenvalue weighted by Crippen LogP contribution is 2.22. The number of nitro groups is 1. The second-order valence-electron chi connectivity index (χ2n) is 4.83. The molecule has 18 heavy (non-hydrogen) atoms. The molecule has 1 heterocycles. The van der Waals surface area contributed by atoms with E-state index < -0.39 is 0 Å². The summed E-state index contributed by atoms with van der Waals surface area (Å²) in [6.07, 6.45) is 2.39. The maximum absolute atomic E-state index is 10.7. The molecular weight excluding hydrogens is 230 g/mol. The molecule has 1 fully saturated rings. The summed E-state index contributed by atoms with van der Waals surface area (Å²) in [5.41, 5.74) is 1.86. The fourth-order valence-corrected chi connectivity index (χ4v) is 2.32. The van der Waals surface area contributed by atoms with E-state index in [9.17, 15) is 10.1 Å². The van der Waals surface area contributed by atoms with Gasteiger partial charge in [-0.15, -0.1) is 0 Å². The SMILES string of the molecule is Cc1cc(NCC2CCNCC2)ccc1[N+](=O)[O-]. The molecule has 5 heteroatoms. The summed E-state index contributed by atoms with van der Waals surface area (Å²) in [7, 11) is 0. The number of hydrogen-bond donors (Lipinski definition) is 2. The number of nitrogens with zero attached hydrogens (tertiary/aromatic N) is 1. The van der Waals surface area contributed by atoms with E-state index in [0.717, 1.165) is 25.3 Å². The Bertz CT molecular complexity index is 428. The maximum atomic E-state index is 10.7. The van der Waals surface area contributed by atoms with E-state index in [1.807, 2.05) is 6.07 Å². The molecule has 0 atom stereocenters. The first-order valence-corrected chi connectivity index (χ1v) is 6.36. The second-order valence-corrected chi connectivity index (χ2v) is 4.83. The van der Waals surface area contributed by atoms with Gasteiger partial charge in [-0.3, -0.25) is 10.1 Å². The first kappa shape index (κ1) is 12.8. The van der Waals surface area contributed by atoms with Crippen molar-refractivity contribution >= 4 is 11.4 Å². The summed E-state index contributed by atoms with van der Waals surface area (Å²) >= 11 is 0. The van der Waals surface area contributed by atoms with Crippen LogP contribution < -0.4 is 10.6 Å². The second kappa shape index (κ2) is 5.82. The molecule has 98 valence electrons. The predicted molar refractivity (Wildman–Crippen MR) is 71.9 cm³/mol. The van der Waals surface area contributed by atoms with Crippen LogP contribution in [0.2, 0.25) is 0 Å². The van der Waals surface area contributed by atoms with E-state index in [0.29, 0.717) is 11.5 Å². The number of hydrogen-bond acceptors (Lipinski definition) is 4. The smallest absolute Gasteiger partial charge is 0.272 e. The minimum Gasteiger partial charge on any atom is -0.385 e. The zero-order valence-corrected chi connectivity index (χ0v) is 10.6. The van der Waals surface area contributed by atoms with Crippen molar-refractivity contribution in [3.8, 4) is 0 Å². The summed E-state index contributed by atoms with van der Waals surface area (Å²) < 4.78 is 0. The van der Waals surface area contributed by atoms with Gasteiger partial charge in [-0.1, -0.05) is 0 Å². The Labute approximate surface area is 107 Å². The molecule has 0 aromatic heterocycles. The lowest BCUT2D eigenvalue weighted by molar-refractivity contribution is -0.385. The van der Waals surface area contributed by atoms with E-state index in [-0.39, 0.29) is 10.6 Å². The van der Waals surface area contributed by atoms with Crippen LogP contribution in [0, 0.1) is 23.0 Å². The van der Waals surface area contributed by atoms with Crippen molar-refractivity contribution in [3.05, 3.63) is 33.9 Å². The van der Waals surface area contributed by atoms with Crippen molar-refractivity contribution < 1.29 is 4.92 Å². The van der Waals surface area contributed by atoms with Gasteiger partial charge >= 0.3 is 0 Å². The lowest BCUT2D eigenvalue weighted by Crippen LogP contribution is -2.31. The molecule has 0 radical (unpaired) electrons. The molecule has 2 N–H and O–H groups in total. The molecule has 2 rings (SSSR count). The van der Waals surface area contributed by atoms with Crippen LogP contribution in [-0.2, 0) is 0 Å². The van der Waals surface area contributed by atoms with Gasteiger partial charge < -0.3 is 10.6 Å². The van der Waals surface area contributed by atoms with E-state index in [1.54, 1.807) is 19.1 Å². The number of nitrogens with one attached hydrogen (secondary N) is 2. The zero-order chi connectivity index (χ0) is 13.0. The topological polar surface area (TPSA) is 67.2 Å². The predicted octanol–water partition coefficient (Wildman–Crippen LogP) is 2.31. The standard InChI is InChI=1S/C13H19N3O2/c1-10-8-12(2-3-13(10)16(17)18)15-9-11-4-6-14-7-5-11/h2-3,8,11,14-15H,4-7,9H2,1H3. The monoisotopic (exact) mass is 249 g/mol. The molecule has 1 aromatic rings. The lowest BCUT2D eigenvalue weighted by atomic mass is 9.98. The van der Waals surface area contributed by atoms with Crippen molar-refractivity contribution in [2.45, 2.75) is 19.8 Å². The number of nitro benzene ring substituents is 1. The number of aryl methyl sites for hydroxylation is 1. The van der Waals surface area contributed by atoms with Crippen LogP contribution in [0.25, 0.3) is 0 Å². The molecule has 0 aliphatic carbocycles. The highest BCUT2D eigenvalue weighted by Gasteiger charge is 2.13. The largest absolute Gasteiger partial charge is 0.385 e. The Morgan fingerprint density at radius 3 is 2.78 bits per heavy atom.